The van der Waals surface area contributed by atoms with Crippen molar-refractivity contribution in [3.8, 4) is 17.2 Å². The van der Waals surface area contributed by atoms with Crippen molar-refractivity contribution < 1.29 is 23.8 Å². The van der Waals surface area contributed by atoms with E-state index in [1.807, 2.05) is 61.5 Å². The molecule has 2 amide bonds. The second kappa shape index (κ2) is 11.4. The van der Waals surface area contributed by atoms with E-state index in [4.69, 9.17) is 14.2 Å². The molecule has 1 aliphatic rings. The van der Waals surface area contributed by atoms with E-state index in [9.17, 15) is 9.59 Å². The molecule has 0 fully saturated rings. The van der Waals surface area contributed by atoms with Gasteiger partial charge in [-0.15, -0.1) is 0 Å². The highest BCUT2D eigenvalue weighted by atomic mass is 16.5. The van der Waals surface area contributed by atoms with Crippen molar-refractivity contribution in [2.24, 2.45) is 0 Å². The number of benzene rings is 3. The average Bonchev–Trinajstić information content (AvgIpc) is 2.85. The number of carbonyl (C=O) groups is 2. The van der Waals surface area contributed by atoms with E-state index in [0.29, 0.717) is 49.7 Å². The third-order valence-electron chi connectivity index (χ3n) is 5.58. The molecule has 0 spiro atoms. The van der Waals surface area contributed by atoms with Gasteiger partial charge >= 0.3 is 0 Å². The number of aryl methyl sites for hydroxylation is 1. The lowest BCUT2D eigenvalue weighted by Crippen LogP contribution is -2.46. The van der Waals surface area contributed by atoms with Crippen molar-refractivity contribution in [2.75, 3.05) is 30.0 Å². The molecule has 7 nitrogen and oxygen atoms in total. The smallest absolute Gasteiger partial charge is 0.267 e. The topological polar surface area (TPSA) is 77.1 Å². The normalized spacial score (nSPS) is 14.6. The minimum absolute atomic E-state index is 0.118. The SMILES string of the molecule is Cc1cccc(OCCN2C(=O)C(C)Oc3ccc(NC(=O)CCCOc4ccccc4)cc32)c1. The van der Waals surface area contributed by atoms with Gasteiger partial charge in [-0.1, -0.05) is 30.3 Å². The monoisotopic (exact) mass is 474 g/mol. The van der Waals surface area contributed by atoms with Gasteiger partial charge in [-0.2, -0.15) is 0 Å². The van der Waals surface area contributed by atoms with E-state index in [1.54, 1.807) is 30.0 Å². The Hall–Kier alpha value is -4.00. The van der Waals surface area contributed by atoms with Crippen molar-refractivity contribution in [2.45, 2.75) is 32.8 Å². The Kier molecular flexibility index (Phi) is 7.88. The molecule has 182 valence electrons. The van der Waals surface area contributed by atoms with Crippen molar-refractivity contribution in [1.29, 1.82) is 0 Å². The zero-order valence-corrected chi connectivity index (χ0v) is 20.0. The maximum atomic E-state index is 12.9. The lowest BCUT2D eigenvalue weighted by atomic mass is 10.1. The molecule has 0 aliphatic carbocycles. The van der Waals surface area contributed by atoms with Crippen molar-refractivity contribution in [1.82, 2.24) is 0 Å². The minimum atomic E-state index is -0.591. The molecule has 1 N–H and O–H groups in total. The highest BCUT2D eigenvalue weighted by molar-refractivity contribution is 6.01. The van der Waals surface area contributed by atoms with Gasteiger partial charge in [-0.25, -0.2) is 0 Å². The van der Waals surface area contributed by atoms with Crippen LogP contribution in [0.15, 0.2) is 72.8 Å². The molecule has 7 heteroatoms. The van der Waals surface area contributed by atoms with E-state index in [0.717, 1.165) is 17.1 Å². The summed E-state index contributed by atoms with van der Waals surface area (Å²) in [6, 6.07) is 22.6. The van der Waals surface area contributed by atoms with Crippen molar-refractivity contribution >= 4 is 23.2 Å². The molecule has 1 unspecified atom stereocenters. The van der Waals surface area contributed by atoms with E-state index < -0.39 is 6.10 Å². The Labute approximate surface area is 205 Å². The molecule has 4 rings (SSSR count). The third-order valence-corrected chi connectivity index (χ3v) is 5.58. The molecule has 0 bridgehead atoms. The Morgan fingerprint density at radius 3 is 2.54 bits per heavy atom. The molecule has 1 heterocycles. The fourth-order valence-electron chi connectivity index (χ4n) is 3.84. The quantitative estimate of drug-likeness (QED) is 0.419. The number of carbonyl (C=O) groups excluding carboxylic acids is 2. The van der Waals surface area contributed by atoms with Crippen molar-refractivity contribution in [3.63, 3.8) is 0 Å². The first-order valence-corrected chi connectivity index (χ1v) is 11.8. The summed E-state index contributed by atoms with van der Waals surface area (Å²) in [5.74, 6) is 1.88. The van der Waals surface area contributed by atoms with Gasteiger partial charge in [0, 0.05) is 12.1 Å². The van der Waals surface area contributed by atoms with Crippen LogP contribution in [-0.4, -0.2) is 37.7 Å². The van der Waals surface area contributed by atoms with Crippen LogP contribution in [0.4, 0.5) is 11.4 Å². The molecule has 0 saturated heterocycles. The summed E-state index contributed by atoms with van der Waals surface area (Å²) in [5, 5.41) is 2.91. The van der Waals surface area contributed by atoms with Crippen LogP contribution in [0.3, 0.4) is 0 Å². The largest absolute Gasteiger partial charge is 0.494 e. The standard InChI is InChI=1S/C28H30N2O5/c1-20-8-6-11-24(18-20)34-17-15-30-25-19-22(13-14-26(25)35-21(2)28(30)32)29-27(31)12-7-16-33-23-9-4-3-5-10-23/h3-6,8-11,13-14,18-19,21H,7,12,15-17H2,1-2H3,(H,29,31). The zero-order chi connectivity index (χ0) is 24.6. The van der Waals surface area contributed by atoms with Gasteiger partial charge in [0.25, 0.3) is 5.91 Å². The van der Waals surface area contributed by atoms with Crippen LogP contribution >= 0.6 is 0 Å². The summed E-state index contributed by atoms with van der Waals surface area (Å²) < 4.78 is 17.3. The molecular weight excluding hydrogens is 444 g/mol. The Bertz CT molecular complexity index is 1170. The summed E-state index contributed by atoms with van der Waals surface area (Å²) in [4.78, 5) is 27.0. The predicted molar refractivity (Wildman–Crippen MR) is 135 cm³/mol. The molecule has 1 aliphatic heterocycles. The number of hydrogen-bond donors (Lipinski definition) is 1. The Morgan fingerprint density at radius 2 is 1.74 bits per heavy atom. The second-order valence-corrected chi connectivity index (χ2v) is 8.41. The number of hydrogen-bond acceptors (Lipinski definition) is 5. The number of nitrogens with one attached hydrogen (secondary N) is 1. The van der Waals surface area contributed by atoms with Gasteiger partial charge in [0.05, 0.1) is 18.8 Å². The number of rotatable bonds is 10. The summed E-state index contributed by atoms with van der Waals surface area (Å²) in [6.07, 6.45) is 0.323. The van der Waals surface area contributed by atoms with Gasteiger partial charge in [0.2, 0.25) is 5.91 Å². The average molecular weight is 475 g/mol. The summed E-state index contributed by atoms with van der Waals surface area (Å²) in [5.41, 5.74) is 2.33. The highest BCUT2D eigenvalue weighted by Crippen LogP contribution is 2.36. The number of para-hydroxylation sites is 1. The first kappa shape index (κ1) is 24.1. The van der Waals surface area contributed by atoms with Gasteiger partial charge in [0.15, 0.2) is 6.10 Å². The zero-order valence-electron chi connectivity index (χ0n) is 20.0. The fraction of sp³-hybridized carbons (Fsp3) is 0.286. The molecular formula is C28H30N2O5. The Morgan fingerprint density at radius 1 is 0.971 bits per heavy atom. The molecule has 0 radical (unpaired) electrons. The van der Waals surface area contributed by atoms with Gasteiger partial charge in [-0.05, 0) is 68.3 Å². The molecule has 1 atom stereocenters. The third kappa shape index (κ3) is 6.53. The maximum absolute atomic E-state index is 12.9. The van der Waals surface area contributed by atoms with Crippen LogP contribution in [0.1, 0.15) is 25.3 Å². The van der Waals surface area contributed by atoms with Gasteiger partial charge in [-0.3, -0.25) is 9.59 Å². The van der Waals surface area contributed by atoms with E-state index in [2.05, 4.69) is 5.32 Å². The molecule has 0 aromatic heterocycles. The first-order chi connectivity index (χ1) is 17.0. The second-order valence-electron chi connectivity index (χ2n) is 8.41. The fourth-order valence-corrected chi connectivity index (χ4v) is 3.84. The van der Waals surface area contributed by atoms with Gasteiger partial charge in [0.1, 0.15) is 23.9 Å². The van der Waals surface area contributed by atoms with Crippen LogP contribution in [0.2, 0.25) is 0 Å². The number of anilines is 2. The van der Waals surface area contributed by atoms with Crippen LogP contribution in [0, 0.1) is 6.92 Å². The van der Waals surface area contributed by atoms with Crippen LogP contribution in [0.5, 0.6) is 17.2 Å². The Balaban J connectivity index is 1.34. The number of amides is 2. The molecule has 35 heavy (non-hydrogen) atoms. The molecule has 3 aromatic carbocycles. The predicted octanol–water partition coefficient (Wildman–Crippen LogP) is 4.99. The van der Waals surface area contributed by atoms with E-state index in [-0.39, 0.29) is 11.8 Å². The molecule has 0 saturated carbocycles. The van der Waals surface area contributed by atoms with Crippen LogP contribution < -0.4 is 24.4 Å². The highest BCUT2D eigenvalue weighted by Gasteiger charge is 2.31. The number of nitrogens with zero attached hydrogens (tertiary/aromatic N) is 1. The lowest BCUT2D eigenvalue weighted by Gasteiger charge is -2.33. The number of fused-ring (bicyclic) bond motifs is 1. The first-order valence-electron chi connectivity index (χ1n) is 11.8. The maximum Gasteiger partial charge on any atom is 0.267 e. The van der Waals surface area contributed by atoms with E-state index >= 15 is 0 Å². The van der Waals surface area contributed by atoms with E-state index in [1.165, 1.54) is 0 Å². The minimum Gasteiger partial charge on any atom is -0.494 e. The summed E-state index contributed by atoms with van der Waals surface area (Å²) in [6.45, 7) is 4.88. The van der Waals surface area contributed by atoms with Crippen LogP contribution in [0.25, 0.3) is 0 Å². The van der Waals surface area contributed by atoms with Crippen LogP contribution in [-0.2, 0) is 9.59 Å². The molecule has 3 aromatic rings. The summed E-state index contributed by atoms with van der Waals surface area (Å²) in [7, 11) is 0. The summed E-state index contributed by atoms with van der Waals surface area (Å²) >= 11 is 0. The lowest BCUT2D eigenvalue weighted by molar-refractivity contribution is -0.125. The number of ether oxygens (including phenoxy) is 3. The van der Waals surface area contributed by atoms with Crippen molar-refractivity contribution in [3.05, 3.63) is 78.4 Å². The van der Waals surface area contributed by atoms with Gasteiger partial charge < -0.3 is 24.4 Å².